The van der Waals surface area contributed by atoms with Gasteiger partial charge in [-0.25, -0.2) is 0 Å². The van der Waals surface area contributed by atoms with Crippen molar-refractivity contribution >= 4 is 39.3 Å². The number of anilines is 1. The molecule has 7 heteroatoms. The standard InChI is InChI=1S/C20H19BrClN3O2/c1-13-3-8-17(9-14(13)2)27-12-19(26)23-20-18(21)11-25(24-20)10-15-4-6-16(22)7-5-15/h3-9,11H,10,12H2,1-2H3,(H,23,24,26). The second-order valence-corrected chi connectivity index (χ2v) is 7.52. The molecule has 0 saturated carbocycles. The summed E-state index contributed by atoms with van der Waals surface area (Å²) in [7, 11) is 0. The average Bonchev–Trinajstić information content (AvgIpc) is 2.97. The molecule has 0 unspecified atom stereocenters. The van der Waals surface area contributed by atoms with Crippen LogP contribution in [0.5, 0.6) is 5.75 Å². The highest BCUT2D eigenvalue weighted by atomic mass is 79.9. The van der Waals surface area contributed by atoms with Crippen LogP contribution in [0.2, 0.25) is 5.02 Å². The van der Waals surface area contributed by atoms with Crippen LogP contribution < -0.4 is 10.1 Å². The molecule has 3 aromatic rings. The Bertz CT molecular complexity index is 954. The maximum Gasteiger partial charge on any atom is 0.263 e. The number of aryl methyl sites for hydroxylation is 2. The number of amides is 1. The predicted molar refractivity (Wildman–Crippen MR) is 111 cm³/mol. The molecule has 3 rings (SSSR count). The number of hydrogen-bond acceptors (Lipinski definition) is 3. The van der Waals surface area contributed by atoms with Gasteiger partial charge in [-0.05, 0) is 70.7 Å². The molecule has 0 spiro atoms. The molecule has 1 amide bonds. The first-order chi connectivity index (χ1) is 12.9. The number of nitrogens with one attached hydrogen (secondary N) is 1. The molecule has 0 aliphatic carbocycles. The summed E-state index contributed by atoms with van der Waals surface area (Å²) in [6, 6.07) is 13.3. The SMILES string of the molecule is Cc1ccc(OCC(=O)Nc2nn(Cc3ccc(Cl)cc3)cc2Br)cc1C. The van der Waals surface area contributed by atoms with Crippen molar-refractivity contribution in [3.8, 4) is 5.75 Å². The zero-order chi connectivity index (χ0) is 19.4. The molecule has 0 aliphatic heterocycles. The topological polar surface area (TPSA) is 56.1 Å². The van der Waals surface area contributed by atoms with Crippen LogP contribution >= 0.6 is 27.5 Å². The van der Waals surface area contributed by atoms with Gasteiger partial charge in [-0.3, -0.25) is 9.48 Å². The summed E-state index contributed by atoms with van der Waals surface area (Å²) in [6.45, 7) is 4.53. The number of carbonyl (C=O) groups excluding carboxylic acids is 1. The Morgan fingerprint density at radius 1 is 1.19 bits per heavy atom. The maximum atomic E-state index is 12.2. The highest BCUT2D eigenvalue weighted by Gasteiger charge is 2.11. The molecule has 0 saturated heterocycles. The van der Waals surface area contributed by atoms with Crippen molar-refractivity contribution in [2.75, 3.05) is 11.9 Å². The first kappa shape index (κ1) is 19.5. The molecule has 2 aromatic carbocycles. The highest BCUT2D eigenvalue weighted by Crippen LogP contribution is 2.21. The van der Waals surface area contributed by atoms with Crippen LogP contribution in [0.3, 0.4) is 0 Å². The zero-order valence-electron chi connectivity index (χ0n) is 15.0. The van der Waals surface area contributed by atoms with E-state index in [2.05, 4.69) is 26.3 Å². The van der Waals surface area contributed by atoms with Gasteiger partial charge in [0.15, 0.2) is 12.4 Å². The number of rotatable bonds is 6. The summed E-state index contributed by atoms with van der Waals surface area (Å²) in [5, 5.41) is 7.85. The molecule has 140 valence electrons. The lowest BCUT2D eigenvalue weighted by atomic mass is 10.1. The van der Waals surface area contributed by atoms with E-state index in [9.17, 15) is 4.79 Å². The van der Waals surface area contributed by atoms with Crippen molar-refractivity contribution in [3.63, 3.8) is 0 Å². The lowest BCUT2D eigenvalue weighted by molar-refractivity contribution is -0.118. The minimum atomic E-state index is -0.273. The fourth-order valence-electron chi connectivity index (χ4n) is 2.46. The van der Waals surface area contributed by atoms with Crippen molar-refractivity contribution in [1.82, 2.24) is 9.78 Å². The fraction of sp³-hybridized carbons (Fsp3) is 0.200. The average molecular weight is 449 g/mol. The normalized spacial score (nSPS) is 10.7. The van der Waals surface area contributed by atoms with E-state index in [0.29, 0.717) is 27.6 Å². The van der Waals surface area contributed by atoms with Gasteiger partial charge in [0.25, 0.3) is 5.91 Å². The maximum absolute atomic E-state index is 12.2. The van der Waals surface area contributed by atoms with Gasteiger partial charge in [-0.15, -0.1) is 0 Å². The minimum Gasteiger partial charge on any atom is -0.484 e. The van der Waals surface area contributed by atoms with Crippen molar-refractivity contribution in [2.24, 2.45) is 0 Å². The largest absolute Gasteiger partial charge is 0.484 e. The summed E-state index contributed by atoms with van der Waals surface area (Å²) in [5.74, 6) is 0.851. The van der Waals surface area contributed by atoms with Gasteiger partial charge in [0.2, 0.25) is 0 Å². The third-order valence-electron chi connectivity index (χ3n) is 4.08. The monoisotopic (exact) mass is 447 g/mol. The summed E-state index contributed by atoms with van der Waals surface area (Å²) in [4.78, 5) is 12.2. The summed E-state index contributed by atoms with van der Waals surface area (Å²) in [5.41, 5.74) is 3.36. The molecular formula is C20H19BrClN3O2. The first-order valence-corrected chi connectivity index (χ1v) is 9.55. The van der Waals surface area contributed by atoms with E-state index in [1.807, 2.05) is 62.5 Å². The van der Waals surface area contributed by atoms with Gasteiger partial charge in [-0.2, -0.15) is 5.10 Å². The van der Waals surface area contributed by atoms with E-state index < -0.39 is 0 Å². The summed E-state index contributed by atoms with van der Waals surface area (Å²) >= 11 is 9.33. The molecule has 1 heterocycles. The van der Waals surface area contributed by atoms with Crippen molar-refractivity contribution in [3.05, 3.63) is 74.8 Å². The van der Waals surface area contributed by atoms with Crippen molar-refractivity contribution < 1.29 is 9.53 Å². The molecule has 0 radical (unpaired) electrons. The van der Waals surface area contributed by atoms with Crippen LogP contribution in [0.15, 0.2) is 53.1 Å². The number of aromatic nitrogens is 2. The van der Waals surface area contributed by atoms with Crippen LogP contribution in [0.4, 0.5) is 5.82 Å². The molecule has 1 N–H and O–H groups in total. The number of benzene rings is 2. The molecule has 0 atom stereocenters. The Labute approximate surface area is 171 Å². The Balaban J connectivity index is 1.58. The minimum absolute atomic E-state index is 0.0843. The van der Waals surface area contributed by atoms with Crippen LogP contribution in [0.1, 0.15) is 16.7 Å². The summed E-state index contributed by atoms with van der Waals surface area (Å²) < 4.78 is 8.00. The van der Waals surface area contributed by atoms with Gasteiger partial charge >= 0.3 is 0 Å². The van der Waals surface area contributed by atoms with E-state index in [1.165, 1.54) is 5.56 Å². The Morgan fingerprint density at radius 2 is 1.93 bits per heavy atom. The smallest absolute Gasteiger partial charge is 0.263 e. The molecule has 0 bridgehead atoms. The van der Waals surface area contributed by atoms with Gasteiger partial charge < -0.3 is 10.1 Å². The van der Waals surface area contributed by atoms with E-state index in [-0.39, 0.29) is 12.5 Å². The molecule has 1 aromatic heterocycles. The van der Waals surface area contributed by atoms with Crippen LogP contribution in [0.25, 0.3) is 0 Å². The lowest BCUT2D eigenvalue weighted by Gasteiger charge is -2.08. The molecule has 0 fully saturated rings. The lowest BCUT2D eigenvalue weighted by Crippen LogP contribution is -2.20. The van der Waals surface area contributed by atoms with Crippen LogP contribution in [-0.4, -0.2) is 22.3 Å². The molecular weight excluding hydrogens is 430 g/mol. The van der Waals surface area contributed by atoms with Gasteiger partial charge in [0.1, 0.15) is 5.75 Å². The molecule has 0 aliphatic rings. The number of nitrogens with zero attached hydrogens (tertiary/aromatic N) is 2. The quantitative estimate of drug-likeness (QED) is 0.578. The second-order valence-electron chi connectivity index (χ2n) is 6.23. The van der Waals surface area contributed by atoms with Gasteiger partial charge in [-0.1, -0.05) is 29.8 Å². The second kappa shape index (κ2) is 8.59. The van der Waals surface area contributed by atoms with E-state index in [1.54, 1.807) is 4.68 Å². The number of halogens is 2. The van der Waals surface area contributed by atoms with Gasteiger partial charge in [0.05, 0.1) is 11.0 Å². The number of ether oxygens (including phenoxy) is 1. The highest BCUT2D eigenvalue weighted by molar-refractivity contribution is 9.10. The third kappa shape index (κ3) is 5.34. The fourth-order valence-corrected chi connectivity index (χ4v) is 3.00. The zero-order valence-corrected chi connectivity index (χ0v) is 17.3. The predicted octanol–water partition coefficient (Wildman–Crippen LogP) is 4.98. The Kier molecular flexibility index (Phi) is 6.19. The molecule has 27 heavy (non-hydrogen) atoms. The van der Waals surface area contributed by atoms with Crippen molar-refractivity contribution in [1.29, 1.82) is 0 Å². The number of carbonyl (C=O) groups is 1. The van der Waals surface area contributed by atoms with E-state index in [0.717, 1.165) is 11.1 Å². The van der Waals surface area contributed by atoms with Crippen molar-refractivity contribution in [2.45, 2.75) is 20.4 Å². The first-order valence-electron chi connectivity index (χ1n) is 8.38. The van der Waals surface area contributed by atoms with Gasteiger partial charge in [0, 0.05) is 11.2 Å². The van der Waals surface area contributed by atoms with E-state index >= 15 is 0 Å². The van der Waals surface area contributed by atoms with Crippen LogP contribution in [0, 0.1) is 13.8 Å². The van der Waals surface area contributed by atoms with Crippen LogP contribution in [-0.2, 0) is 11.3 Å². The molecule has 5 nitrogen and oxygen atoms in total. The Hall–Kier alpha value is -2.31. The number of hydrogen-bond donors (Lipinski definition) is 1. The third-order valence-corrected chi connectivity index (χ3v) is 4.91. The summed E-state index contributed by atoms with van der Waals surface area (Å²) in [6.07, 6.45) is 1.81. The van der Waals surface area contributed by atoms with E-state index in [4.69, 9.17) is 16.3 Å². The Morgan fingerprint density at radius 3 is 2.63 bits per heavy atom.